The van der Waals surface area contributed by atoms with Gasteiger partial charge < -0.3 is 9.47 Å². The summed E-state index contributed by atoms with van der Waals surface area (Å²) in [6, 6.07) is 6.73. The van der Waals surface area contributed by atoms with Gasteiger partial charge in [0.1, 0.15) is 0 Å². The van der Waals surface area contributed by atoms with E-state index < -0.39 is 11.9 Å². The lowest BCUT2D eigenvalue weighted by Crippen LogP contribution is -2.14. The molecule has 0 fully saturated rings. The molecule has 0 aliphatic carbocycles. The molecule has 0 bridgehead atoms. The first-order valence-electron chi connectivity index (χ1n) is 14.8. The van der Waals surface area contributed by atoms with E-state index in [9.17, 15) is 9.59 Å². The van der Waals surface area contributed by atoms with Gasteiger partial charge in [0, 0.05) is 0 Å². The first kappa shape index (κ1) is 31.9. The van der Waals surface area contributed by atoms with E-state index in [1.807, 2.05) is 12.2 Å². The molecule has 0 saturated carbocycles. The molecule has 0 saturated heterocycles. The van der Waals surface area contributed by atoms with E-state index in [1.54, 1.807) is 24.3 Å². The minimum Gasteiger partial charge on any atom is -0.462 e. The summed E-state index contributed by atoms with van der Waals surface area (Å²) in [5.41, 5.74) is 0.553. The lowest BCUT2D eigenvalue weighted by Gasteiger charge is -2.09. The number of ether oxygens (including phenoxy) is 2. The van der Waals surface area contributed by atoms with Gasteiger partial charge >= 0.3 is 11.9 Å². The second-order valence-electron chi connectivity index (χ2n) is 9.79. The lowest BCUT2D eigenvalue weighted by molar-refractivity contribution is 0.0457. The van der Waals surface area contributed by atoms with Crippen molar-refractivity contribution >= 4 is 11.9 Å². The summed E-state index contributed by atoms with van der Waals surface area (Å²) >= 11 is 0. The summed E-state index contributed by atoms with van der Waals surface area (Å²) in [7, 11) is 0. The molecule has 4 nitrogen and oxygen atoms in total. The standard InChI is InChI=1S/C32H52O4/c1-3-5-7-9-10-11-12-13-14-15-16-17-18-19-20-24-28-36-32(34)30-26-22-21-25-29(30)31(33)35-27-23-8-6-4-2/h6,8,21-22,25-26H,3-5,7,9-20,23-24,27-28H2,1-2H3/b8-6+. The molecule has 36 heavy (non-hydrogen) atoms. The summed E-state index contributed by atoms with van der Waals surface area (Å²) in [4.78, 5) is 24.9. The Morgan fingerprint density at radius 2 is 1.00 bits per heavy atom. The number of hydrogen-bond acceptors (Lipinski definition) is 4. The number of rotatable bonds is 23. The van der Waals surface area contributed by atoms with E-state index in [-0.39, 0.29) is 11.1 Å². The highest BCUT2D eigenvalue weighted by atomic mass is 16.5. The van der Waals surface area contributed by atoms with Gasteiger partial charge in [0.25, 0.3) is 0 Å². The van der Waals surface area contributed by atoms with Crippen LogP contribution in [0, 0.1) is 0 Å². The summed E-state index contributed by atoms with van der Waals surface area (Å²) in [6.07, 6.45) is 26.7. The van der Waals surface area contributed by atoms with Crippen molar-refractivity contribution in [1.82, 2.24) is 0 Å². The van der Waals surface area contributed by atoms with Gasteiger partial charge in [-0.2, -0.15) is 0 Å². The van der Waals surface area contributed by atoms with Crippen molar-refractivity contribution in [2.75, 3.05) is 13.2 Å². The predicted molar refractivity (Wildman–Crippen MR) is 151 cm³/mol. The Morgan fingerprint density at radius 1 is 0.583 bits per heavy atom. The first-order valence-corrected chi connectivity index (χ1v) is 14.8. The topological polar surface area (TPSA) is 52.6 Å². The molecule has 1 rings (SSSR count). The monoisotopic (exact) mass is 500 g/mol. The van der Waals surface area contributed by atoms with Crippen LogP contribution in [0.25, 0.3) is 0 Å². The molecule has 0 aliphatic rings. The first-order chi connectivity index (χ1) is 17.7. The number of allylic oxidation sites excluding steroid dienone is 1. The van der Waals surface area contributed by atoms with Gasteiger partial charge in [-0.15, -0.1) is 0 Å². The molecule has 0 amide bonds. The van der Waals surface area contributed by atoms with Crippen LogP contribution in [-0.2, 0) is 9.47 Å². The minimum atomic E-state index is -0.477. The Kier molecular flexibility index (Phi) is 20.7. The Labute approximate surface area is 221 Å². The van der Waals surface area contributed by atoms with Gasteiger partial charge in [-0.1, -0.05) is 134 Å². The van der Waals surface area contributed by atoms with E-state index in [2.05, 4.69) is 13.8 Å². The highest BCUT2D eigenvalue weighted by molar-refractivity contribution is 6.03. The molecule has 0 unspecified atom stereocenters. The second kappa shape index (κ2) is 23.3. The number of unbranched alkanes of at least 4 members (excludes halogenated alkanes) is 15. The van der Waals surface area contributed by atoms with Crippen LogP contribution in [0.15, 0.2) is 36.4 Å². The van der Waals surface area contributed by atoms with Crippen LogP contribution in [0.2, 0.25) is 0 Å². The Balaban J connectivity index is 2.05. The molecule has 0 aliphatic heterocycles. The number of carbonyl (C=O) groups excluding carboxylic acids is 2. The SMILES string of the molecule is CC/C=C/CCOC(=O)c1ccccc1C(=O)OCCCCCCCCCCCCCCCCCC. The predicted octanol–water partition coefficient (Wildman–Crippen LogP) is 9.62. The van der Waals surface area contributed by atoms with Crippen molar-refractivity contribution in [3.05, 3.63) is 47.5 Å². The van der Waals surface area contributed by atoms with Crippen molar-refractivity contribution in [2.45, 2.75) is 129 Å². The number of carbonyl (C=O) groups is 2. The smallest absolute Gasteiger partial charge is 0.339 e. The van der Waals surface area contributed by atoms with Crippen molar-refractivity contribution in [2.24, 2.45) is 0 Å². The van der Waals surface area contributed by atoms with Crippen molar-refractivity contribution in [3.8, 4) is 0 Å². The van der Waals surface area contributed by atoms with Crippen LogP contribution < -0.4 is 0 Å². The van der Waals surface area contributed by atoms with Gasteiger partial charge in [0.2, 0.25) is 0 Å². The van der Waals surface area contributed by atoms with Crippen LogP contribution in [0.1, 0.15) is 150 Å². The van der Waals surface area contributed by atoms with Crippen LogP contribution >= 0.6 is 0 Å². The third-order valence-electron chi connectivity index (χ3n) is 6.52. The van der Waals surface area contributed by atoms with Crippen molar-refractivity contribution < 1.29 is 19.1 Å². The van der Waals surface area contributed by atoms with Crippen molar-refractivity contribution in [3.63, 3.8) is 0 Å². The fourth-order valence-electron chi connectivity index (χ4n) is 4.31. The molecule has 4 heteroatoms. The molecule has 1 aromatic carbocycles. The lowest BCUT2D eigenvalue weighted by atomic mass is 10.0. The maximum absolute atomic E-state index is 12.5. The molecule has 0 spiro atoms. The van der Waals surface area contributed by atoms with Gasteiger partial charge in [-0.3, -0.25) is 0 Å². The fraction of sp³-hybridized carbons (Fsp3) is 0.688. The van der Waals surface area contributed by atoms with Gasteiger partial charge in [0.15, 0.2) is 0 Å². The maximum Gasteiger partial charge on any atom is 0.339 e. The highest BCUT2D eigenvalue weighted by Crippen LogP contribution is 2.15. The number of hydrogen-bond donors (Lipinski definition) is 0. The summed E-state index contributed by atoms with van der Waals surface area (Å²) in [5, 5.41) is 0. The van der Waals surface area contributed by atoms with Crippen LogP contribution in [0.5, 0.6) is 0 Å². The fourth-order valence-corrected chi connectivity index (χ4v) is 4.31. The molecule has 1 aromatic rings. The maximum atomic E-state index is 12.5. The average Bonchev–Trinajstić information content (AvgIpc) is 2.90. The highest BCUT2D eigenvalue weighted by Gasteiger charge is 2.18. The second-order valence-corrected chi connectivity index (χ2v) is 9.79. The molecule has 0 radical (unpaired) electrons. The molecule has 0 aromatic heterocycles. The summed E-state index contributed by atoms with van der Waals surface area (Å²) < 4.78 is 10.7. The summed E-state index contributed by atoms with van der Waals surface area (Å²) in [5.74, 6) is -0.927. The molecule has 204 valence electrons. The largest absolute Gasteiger partial charge is 0.462 e. The van der Waals surface area contributed by atoms with Gasteiger partial charge in [-0.05, 0) is 31.4 Å². The molecule has 0 atom stereocenters. The normalized spacial score (nSPS) is 11.2. The number of esters is 2. The Bertz CT molecular complexity index is 710. The van der Waals surface area contributed by atoms with E-state index in [0.29, 0.717) is 19.6 Å². The van der Waals surface area contributed by atoms with Crippen molar-refractivity contribution in [1.29, 1.82) is 0 Å². The third kappa shape index (κ3) is 16.5. The minimum absolute atomic E-state index is 0.272. The van der Waals surface area contributed by atoms with Crippen LogP contribution in [0.3, 0.4) is 0 Å². The van der Waals surface area contributed by atoms with Gasteiger partial charge in [0.05, 0.1) is 24.3 Å². The van der Waals surface area contributed by atoms with E-state index >= 15 is 0 Å². The molecular weight excluding hydrogens is 448 g/mol. The van der Waals surface area contributed by atoms with Crippen LogP contribution in [0.4, 0.5) is 0 Å². The molecule has 0 heterocycles. The quantitative estimate of drug-likeness (QED) is 0.0852. The van der Waals surface area contributed by atoms with E-state index in [0.717, 1.165) is 19.3 Å². The molecular formula is C32H52O4. The average molecular weight is 501 g/mol. The zero-order valence-corrected chi connectivity index (χ0v) is 23.2. The van der Waals surface area contributed by atoms with Gasteiger partial charge in [-0.25, -0.2) is 9.59 Å². The Hall–Kier alpha value is -2.10. The Morgan fingerprint density at radius 3 is 1.44 bits per heavy atom. The zero-order valence-electron chi connectivity index (χ0n) is 23.2. The zero-order chi connectivity index (χ0) is 26.1. The van der Waals surface area contributed by atoms with E-state index in [1.165, 1.54) is 89.9 Å². The van der Waals surface area contributed by atoms with Crippen LogP contribution in [-0.4, -0.2) is 25.2 Å². The summed E-state index contributed by atoms with van der Waals surface area (Å²) in [6.45, 7) is 5.03. The number of benzene rings is 1. The third-order valence-corrected chi connectivity index (χ3v) is 6.52. The molecule has 0 N–H and O–H groups in total. The van der Waals surface area contributed by atoms with E-state index in [4.69, 9.17) is 9.47 Å².